The Labute approximate surface area is 248 Å². The minimum Gasteiger partial charge on any atom is -0.492 e. The molecule has 0 bridgehead atoms. The van der Waals surface area contributed by atoms with Crippen LogP contribution in [0.15, 0.2) is 77.7 Å². The lowest BCUT2D eigenvalue weighted by Crippen LogP contribution is -2.51. The topological polar surface area (TPSA) is 96.0 Å². The number of nitrogens with zero attached hydrogens (tertiary/aromatic N) is 2. The van der Waals surface area contributed by atoms with Crippen molar-refractivity contribution in [3.63, 3.8) is 0 Å². The fourth-order valence-corrected chi connectivity index (χ4v) is 5.75. The van der Waals surface area contributed by atoms with Gasteiger partial charge < -0.3 is 15.0 Å². The highest BCUT2D eigenvalue weighted by molar-refractivity contribution is 7.92. The summed E-state index contributed by atoms with van der Waals surface area (Å²) in [5, 5.41) is 3.27. The van der Waals surface area contributed by atoms with Gasteiger partial charge in [-0.25, -0.2) is 8.42 Å². The zero-order valence-electron chi connectivity index (χ0n) is 24.0. The number of para-hydroxylation sites is 2. The molecule has 220 valence electrons. The fraction of sp³-hybridized carbons (Fsp3) is 0.355. The number of sulfonamides is 1. The molecule has 10 heteroatoms. The Hall–Kier alpha value is -3.56. The minimum absolute atomic E-state index is 0.0311. The van der Waals surface area contributed by atoms with Gasteiger partial charge in [0.1, 0.15) is 18.3 Å². The highest BCUT2D eigenvalue weighted by Gasteiger charge is 2.33. The summed E-state index contributed by atoms with van der Waals surface area (Å²) in [5.41, 5.74) is 2.09. The number of ether oxygens (including phenoxy) is 1. The second kappa shape index (κ2) is 14.9. The number of amides is 2. The van der Waals surface area contributed by atoms with Crippen molar-refractivity contribution >= 4 is 39.1 Å². The summed E-state index contributed by atoms with van der Waals surface area (Å²) < 4.78 is 34.8. The van der Waals surface area contributed by atoms with Crippen molar-refractivity contribution in [2.45, 2.75) is 58.0 Å². The number of carbonyl (C=O) groups is 2. The van der Waals surface area contributed by atoms with Crippen LogP contribution >= 0.6 is 11.6 Å². The maximum absolute atomic E-state index is 14.1. The van der Waals surface area contributed by atoms with E-state index in [4.69, 9.17) is 16.3 Å². The molecule has 3 aromatic rings. The van der Waals surface area contributed by atoms with Crippen molar-refractivity contribution in [3.05, 3.63) is 88.9 Å². The smallest absolute Gasteiger partial charge is 0.264 e. The molecule has 0 spiro atoms. The number of anilines is 1. The van der Waals surface area contributed by atoms with E-state index in [0.29, 0.717) is 23.9 Å². The van der Waals surface area contributed by atoms with Gasteiger partial charge in [-0.1, -0.05) is 66.9 Å². The third-order valence-corrected chi connectivity index (χ3v) is 8.61. The molecule has 0 radical (unpaired) electrons. The Bertz CT molecular complexity index is 1410. The highest BCUT2D eigenvalue weighted by Crippen LogP contribution is 2.33. The van der Waals surface area contributed by atoms with Crippen LogP contribution in [0.25, 0.3) is 0 Å². The molecule has 0 aliphatic carbocycles. The summed E-state index contributed by atoms with van der Waals surface area (Å²) in [6.07, 6.45) is 1.73. The molecule has 0 aliphatic rings. The van der Waals surface area contributed by atoms with E-state index in [2.05, 4.69) is 5.32 Å². The minimum atomic E-state index is -4.24. The van der Waals surface area contributed by atoms with E-state index in [1.54, 1.807) is 38.1 Å². The summed E-state index contributed by atoms with van der Waals surface area (Å²) in [7, 11) is -4.24. The average Bonchev–Trinajstić information content (AvgIpc) is 2.96. The van der Waals surface area contributed by atoms with Crippen LogP contribution in [0.1, 0.15) is 44.7 Å². The van der Waals surface area contributed by atoms with Crippen molar-refractivity contribution in [3.8, 4) is 5.75 Å². The van der Waals surface area contributed by atoms with Crippen molar-refractivity contribution < 1.29 is 22.7 Å². The molecule has 8 nitrogen and oxygen atoms in total. The van der Waals surface area contributed by atoms with Gasteiger partial charge >= 0.3 is 0 Å². The number of hydrogen-bond acceptors (Lipinski definition) is 5. The van der Waals surface area contributed by atoms with Crippen LogP contribution in [-0.2, 0) is 26.2 Å². The van der Waals surface area contributed by atoms with Gasteiger partial charge in [0, 0.05) is 18.1 Å². The molecule has 1 N–H and O–H groups in total. The lowest BCUT2D eigenvalue weighted by atomic mass is 10.1. The number of hydrogen-bond donors (Lipinski definition) is 1. The molecule has 0 heterocycles. The highest BCUT2D eigenvalue weighted by atomic mass is 35.5. The first-order chi connectivity index (χ1) is 19.6. The SMILES string of the molecule is CCCCNC(=O)C(C)N(Cc1ccc(C)cc1)C(=O)CN(c1ccccc1OCC)S(=O)(=O)c1ccc(Cl)cc1. The van der Waals surface area contributed by atoms with Gasteiger partial charge in [0.2, 0.25) is 11.8 Å². The number of nitrogens with one attached hydrogen (secondary N) is 1. The van der Waals surface area contributed by atoms with Crippen LogP contribution in [0.4, 0.5) is 5.69 Å². The van der Waals surface area contributed by atoms with Crippen LogP contribution < -0.4 is 14.4 Å². The maximum atomic E-state index is 14.1. The first kappa shape index (κ1) is 32.0. The summed E-state index contributed by atoms with van der Waals surface area (Å²) in [6, 6.07) is 19.2. The van der Waals surface area contributed by atoms with Crippen molar-refractivity contribution in [1.29, 1.82) is 0 Å². The number of carbonyl (C=O) groups excluding carboxylic acids is 2. The molecule has 0 fully saturated rings. The summed E-state index contributed by atoms with van der Waals surface area (Å²) >= 11 is 6.02. The zero-order valence-corrected chi connectivity index (χ0v) is 25.5. The second-order valence-electron chi connectivity index (χ2n) is 9.69. The number of halogens is 1. The Balaban J connectivity index is 2.04. The lowest BCUT2D eigenvalue weighted by Gasteiger charge is -2.32. The Morgan fingerprint density at radius 3 is 2.27 bits per heavy atom. The van der Waals surface area contributed by atoms with Gasteiger partial charge in [0.25, 0.3) is 10.0 Å². The molecule has 1 unspecified atom stereocenters. The number of rotatable bonds is 14. The molecule has 0 aromatic heterocycles. The van der Waals surface area contributed by atoms with Gasteiger partial charge in [0.15, 0.2) is 0 Å². The van der Waals surface area contributed by atoms with Crippen LogP contribution in [0, 0.1) is 6.92 Å². The molecular formula is C31H38ClN3O5S. The zero-order chi connectivity index (χ0) is 30.0. The quantitative estimate of drug-likeness (QED) is 0.244. The lowest BCUT2D eigenvalue weighted by molar-refractivity contribution is -0.139. The van der Waals surface area contributed by atoms with E-state index in [1.165, 1.54) is 29.2 Å². The monoisotopic (exact) mass is 599 g/mol. The number of aryl methyl sites for hydroxylation is 1. The Kier molecular flexibility index (Phi) is 11.6. The maximum Gasteiger partial charge on any atom is 0.264 e. The van der Waals surface area contributed by atoms with E-state index < -0.39 is 28.5 Å². The largest absolute Gasteiger partial charge is 0.492 e. The normalized spacial score (nSPS) is 11.9. The van der Waals surface area contributed by atoms with E-state index in [9.17, 15) is 18.0 Å². The van der Waals surface area contributed by atoms with Gasteiger partial charge in [-0.3, -0.25) is 13.9 Å². The predicted molar refractivity (Wildman–Crippen MR) is 163 cm³/mol. The van der Waals surface area contributed by atoms with Gasteiger partial charge in [-0.05, 0) is 69.2 Å². The average molecular weight is 600 g/mol. The molecule has 2 amide bonds. The van der Waals surface area contributed by atoms with Crippen LogP contribution in [0.5, 0.6) is 5.75 Å². The molecule has 1 atom stereocenters. The molecule has 41 heavy (non-hydrogen) atoms. The number of unbranched alkanes of at least 4 members (excludes halogenated alkanes) is 1. The van der Waals surface area contributed by atoms with Crippen molar-refractivity contribution in [2.24, 2.45) is 0 Å². The second-order valence-corrected chi connectivity index (χ2v) is 12.0. The summed E-state index contributed by atoms with van der Waals surface area (Å²) in [6.45, 7) is 7.81. The van der Waals surface area contributed by atoms with Crippen LogP contribution in [0.3, 0.4) is 0 Å². The first-order valence-electron chi connectivity index (χ1n) is 13.7. The van der Waals surface area contributed by atoms with Gasteiger partial charge in [-0.2, -0.15) is 0 Å². The third kappa shape index (κ3) is 8.47. The third-order valence-electron chi connectivity index (χ3n) is 6.58. The summed E-state index contributed by atoms with van der Waals surface area (Å²) in [4.78, 5) is 28.5. The molecular weight excluding hydrogens is 562 g/mol. The van der Waals surface area contributed by atoms with E-state index in [-0.39, 0.29) is 23.0 Å². The van der Waals surface area contributed by atoms with Crippen LogP contribution in [-0.4, -0.2) is 50.9 Å². The predicted octanol–water partition coefficient (Wildman–Crippen LogP) is 5.58. The van der Waals surface area contributed by atoms with Gasteiger partial charge in [0.05, 0.1) is 17.2 Å². The molecule has 0 aliphatic heterocycles. The van der Waals surface area contributed by atoms with Gasteiger partial charge in [-0.15, -0.1) is 0 Å². The first-order valence-corrected chi connectivity index (χ1v) is 15.5. The van der Waals surface area contributed by atoms with E-state index in [1.807, 2.05) is 38.1 Å². The molecule has 3 aromatic carbocycles. The Morgan fingerprint density at radius 1 is 0.976 bits per heavy atom. The molecule has 0 saturated heterocycles. The molecule has 3 rings (SSSR count). The molecule has 0 saturated carbocycles. The summed E-state index contributed by atoms with van der Waals surface area (Å²) in [5.74, 6) is -0.524. The fourth-order valence-electron chi connectivity index (χ4n) is 4.20. The van der Waals surface area contributed by atoms with E-state index >= 15 is 0 Å². The van der Waals surface area contributed by atoms with Crippen molar-refractivity contribution in [2.75, 3.05) is 24.0 Å². The standard InChI is InChI=1S/C31H38ClN3O5S/c1-5-7-20-33-31(37)24(4)34(21-25-14-12-23(3)13-15-25)30(36)22-35(28-10-8-9-11-29(28)40-6-2)41(38,39)27-18-16-26(32)17-19-27/h8-19,24H,5-7,20-22H2,1-4H3,(H,33,37). The van der Waals surface area contributed by atoms with Crippen molar-refractivity contribution in [1.82, 2.24) is 10.2 Å². The Morgan fingerprint density at radius 2 is 1.63 bits per heavy atom. The van der Waals surface area contributed by atoms with Crippen LogP contribution in [0.2, 0.25) is 5.02 Å². The number of benzene rings is 3. The van der Waals surface area contributed by atoms with E-state index in [0.717, 1.165) is 28.3 Å².